The van der Waals surface area contributed by atoms with Gasteiger partial charge in [0.05, 0.1) is 7.11 Å². The smallest absolute Gasteiger partial charge is 0.250 e. The summed E-state index contributed by atoms with van der Waals surface area (Å²) in [7, 11) is -2.18. The number of pyridine rings is 1. The molecule has 0 aliphatic carbocycles. The summed E-state index contributed by atoms with van der Waals surface area (Å²) < 4.78 is 34.3. The van der Waals surface area contributed by atoms with Gasteiger partial charge in [0.15, 0.2) is 0 Å². The lowest BCUT2D eigenvalue weighted by molar-refractivity contribution is 0.402. The monoisotopic (exact) mass is 364 g/mol. The number of hydrogen-bond acceptors (Lipinski definition) is 4. The molecule has 0 saturated carbocycles. The first-order valence-corrected chi connectivity index (χ1v) is 9.64. The molecule has 0 unspecified atom stereocenters. The number of methoxy groups -OCH3 is 1. The number of sulfonamides is 1. The van der Waals surface area contributed by atoms with Crippen LogP contribution >= 0.6 is 0 Å². The summed E-state index contributed by atoms with van der Waals surface area (Å²) in [4.78, 5) is 11.9. The van der Waals surface area contributed by atoms with Crippen LogP contribution in [0.25, 0.3) is 0 Å². The molecular weight excluding hydrogens is 340 g/mol. The third-order valence-electron chi connectivity index (χ3n) is 3.98. The molecule has 0 bridgehead atoms. The van der Waals surface area contributed by atoms with Crippen molar-refractivity contribution in [1.29, 1.82) is 0 Å². The second-order valence-corrected chi connectivity index (χ2v) is 7.65. The van der Waals surface area contributed by atoms with Gasteiger partial charge < -0.3 is 9.30 Å². The Balaban J connectivity index is 1.93. The van der Waals surface area contributed by atoms with Gasteiger partial charge in [-0.05, 0) is 50.5 Å². The van der Waals surface area contributed by atoms with Crippen molar-refractivity contribution in [2.75, 3.05) is 13.7 Å². The molecule has 6 nitrogen and oxygen atoms in total. The lowest BCUT2D eigenvalue weighted by Crippen LogP contribution is -2.26. The van der Waals surface area contributed by atoms with Crippen molar-refractivity contribution >= 4 is 10.0 Å². The molecule has 0 aliphatic rings. The minimum Gasteiger partial charge on any atom is -0.495 e. The average molecular weight is 364 g/mol. The van der Waals surface area contributed by atoms with Crippen molar-refractivity contribution in [2.45, 2.75) is 38.1 Å². The SMILES string of the molecule is COc1ccc(C)cc1S(=O)(=O)NCCCCn1c(C)cccc1=O. The number of unbranched alkanes of at least 4 members (excludes halogenated alkanes) is 1. The molecule has 0 spiro atoms. The topological polar surface area (TPSA) is 77.4 Å². The molecule has 1 N–H and O–H groups in total. The Labute approximate surface area is 148 Å². The molecule has 0 radical (unpaired) electrons. The van der Waals surface area contributed by atoms with Gasteiger partial charge in [0.25, 0.3) is 5.56 Å². The molecule has 2 rings (SSSR count). The predicted molar refractivity (Wildman–Crippen MR) is 97.6 cm³/mol. The van der Waals surface area contributed by atoms with Crippen LogP contribution in [-0.2, 0) is 16.6 Å². The van der Waals surface area contributed by atoms with E-state index in [1.54, 1.807) is 28.8 Å². The van der Waals surface area contributed by atoms with Crippen molar-refractivity contribution in [2.24, 2.45) is 0 Å². The number of rotatable bonds is 8. The Morgan fingerprint density at radius 1 is 1.12 bits per heavy atom. The van der Waals surface area contributed by atoms with E-state index in [1.807, 2.05) is 19.9 Å². The van der Waals surface area contributed by atoms with Crippen molar-refractivity contribution in [3.8, 4) is 5.75 Å². The number of nitrogens with one attached hydrogen (secondary N) is 1. The van der Waals surface area contributed by atoms with Crippen LogP contribution in [0.1, 0.15) is 24.1 Å². The molecule has 1 heterocycles. The number of aryl methyl sites for hydroxylation is 2. The first kappa shape index (κ1) is 19.2. The van der Waals surface area contributed by atoms with Crippen molar-refractivity contribution in [3.05, 3.63) is 58.0 Å². The van der Waals surface area contributed by atoms with Crippen LogP contribution in [0.5, 0.6) is 5.75 Å². The zero-order chi connectivity index (χ0) is 18.4. The molecule has 1 aromatic carbocycles. The summed E-state index contributed by atoms with van der Waals surface area (Å²) in [6, 6.07) is 10.2. The van der Waals surface area contributed by atoms with Gasteiger partial charge in [-0.25, -0.2) is 13.1 Å². The van der Waals surface area contributed by atoms with Crippen LogP contribution in [0.2, 0.25) is 0 Å². The standard InChI is InChI=1S/C18H24N2O4S/c1-14-9-10-16(24-3)17(13-14)25(22,23)19-11-4-5-12-20-15(2)7-6-8-18(20)21/h6-10,13,19H,4-5,11-12H2,1-3H3. The van der Waals surface area contributed by atoms with E-state index in [0.29, 0.717) is 31.7 Å². The summed E-state index contributed by atoms with van der Waals surface area (Å²) in [6.07, 6.45) is 1.34. The average Bonchev–Trinajstić information content (AvgIpc) is 2.57. The third kappa shape index (κ3) is 4.93. The number of aromatic nitrogens is 1. The van der Waals surface area contributed by atoms with Gasteiger partial charge in [-0.2, -0.15) is 0 Å². The van der Waals surface area contributed by atoms with Gasteiger partial charge in [-0.15, -0.1) is 0 Å². The van der Waals surface area contributed by atoms with Crippen LogP contribution in [-0.4, -0.2) is 26.6 Å². The zero-order valence-corrected chi connectivity index (χ0v) is 15.6. The summed E-state index contributed by atoms with van der Waals surface area (Å²) in [5, 5.41) is 0. The fourth-order valence-corrected chi connectivity index (χ4v) is 3.91. The Kier molecular flexibility index (Phi) is 6.39. The van der Waals surface area contributed by atoms with Gasteiger partial charge in [0, 0.05) is 24.8 Å². The van der Waals surface area contributed by atoms with E-state index in [2.05, 4.69) is 4.72 Å². The van der Waals surface area contributed by atoms with Crippen molar-refractivity contribution in [3.63, 3.8) is 0 Å². The molecule has 0 fully saturated rings. The molecule has 136 valence electrons. The third-order valence-corrected chi connectivity index (χ3v) is 5.46. The van der Waals surface area contributed by atoms with E-state index in [-0.39, 0.29) is 10.5 Å². The van der Waals surface area contributed by atoms with Crippen LogP contribution in [0.4, 0.5) is 0 Å². The summed E-state index contributed by atoms with van der Waals surface area (Å²) >= 11 is 0. The Bertz CT molecular complexity index is 888. The lowest BCUT2D eigenvalue weighted by Gasteiger charge is -2.12. The maximum absolute atomic E-state index is 12.5. The highest BCUT2D eigenvalue weighted by atomic mass is 32.2. The van der Waals surface area contributed by atoms with Crippen LogP contribution in [0.3, 0.4) is 0 Å². The second-order valence-electron chi connectivity index (χ2n) is 5.92. The molecule has 0 aliphatic heterocycles. The van der Waals surface area contributed by atoms with Crippen molar-refractivity contribution < 1.29 is 13.2 Å². The van der Waals surface area contributed by atoms with Crippen LogP contribution in [0.15, 0.2) is 46.1 Å². The van der Waals surface area contributed by atoms with E-state index >= 15 is 0 Å². The van der Waals surface area contributed by atoms with Gasteiger partial charge in [-0.1, -0.05) is 12.1 Å². The van der Waals surface area contributed by atoms with Gasteiger partial charge in [0.2, 0.25) is 10.0 Å². The maximum atomic E-state index is 12.5. The molecule has 0 atom stereocenters. The second kappa shape index (κ2) is 8.31. The highest BCUT2D eigenvalue weighted by Gasteiger charge is 2.18. The van der Waals surface area contributed by atoms with Crippen molar-refractivity contribution in [1.82, 2.24) is 9.29 Å². The fourth-order valence-electron chi connectivity index (χ4n) is 2.58. The van der Waals surface area contributed by atoms with E-state index in [0.717, 1.165) is 11.3 Å². The Morgan fingerprint density at radius 3 is 2.56 bits per heavy atom. The molecule has 2 aromatic rings. The largest absolute Gasteiger partial charge is 0.495 e. The molecule has 7 heteroatoms. The van der Waals surface area contributed by atoms with Crippen LogP contribution in [0, 0.1) is 13.8 Å². The summed E-state index contributed by atoms with van der Waals surface area (Å²) in [5.41, 5.74) is 1.71. The van der Waals surface area contributed by atoms with Gasteiger partial charge in [0.1, 0.15) is 10.6 Å². The highest BCUT2D eigenvalue weighted by molar-refractivity contribution is 7.89. The number of ether oxygens (including phenoxy) is 1. The van der Waals surface area contributed by atoms with E-state index in [9.17, 15) is 13.2 Å². The van der Waals surface area contributed by atoms with Gasteiger partial charge >= 0.3 is 0 Å². The zero-order valence-electron chi connectivity index (χ0n) is 14.8. The molecule has 1 aromatic heterocycles. The number of nitrogens with zero attached hydrogens (tertiary/aromatic N) is 1. The number of benzene rings is 1. The first-order chi connectivity index (χ1) is 11.8. The molecule has 25 heavy (non-hydrogen) atoms. The molecule has 0 saturated heterocycles. The van der Waals surface area contributed by atoms with Crippen LogP contribution < -0.4 is 15.0 Å². The Hall–Kier alpha value is -2.12. The summed E-state index contributed by atoms with van der Waals surface area (Å²) in [6.45, 7) is 4.59. The summed E-state index contributed by atoms with van der Waals surface area (Å²) in [5.74, 6) is 0.324. The van der Waals surface area contributed by atoms with E-state index < -0.39 is 10.0 Å². The number of hydrogen-bond donors (Lipinski definition) is 1. The minimum atomic E-state index is -3.63. The molecule has 0 amide bonds. The van der Waals surface area contributed by atoms with E-state index in [4.69, 9.17) is 4.74 Å². The Morgan fingerprint density at radius 2 is 1.88 bits per heavy atom. The minimum absolute atomic E-state index is 0.0370. The molecular formula is C18H24N2O4S. The quantitative estimate of drug-likeness (QED) is 0.729. The van der Waals surface area contributed by atoms with Gasteiger partial charge in [-0.3, -0.25) is 4.79 Å². The normalized spacial score (nSPS) is 11.5. The fraction of sp³-hybridized carbons (Fsp3) is 0.389. The predicted octanol–water partition coefficient (Wildman–Crippen LogP) is 2.23. The maximum Gasteiger partial charge on any atom is 0.250 e. The lowest BCUT2D eigenvalue weighted by atomic mass is 10.2. The van der Waals surface area contributed by atoms with E-state index in [1.165, 1.54) is 13.2 Å². The highest BCUT2D eigenvalue weighted by Crippen LogP contribution is 2.24. The first-order valence-electron chi connectivity index (χ1n) is 8.16.